The van der Waals surface area contributed by atoms with E-state index in [1.54, 1.807) is 24.0 Å². The van der Waals surface area contributed by atoms with E-state index in [4.69, 9.17) is 5.73 Å². The number of hydrogen-bond acceptors (Lipinski definition) is 3. The molecule has 0 amide bonds. The first kappa shape index (κ1) is 11.9. The van der Waals surface area contributed by atoms with Crippen molar-refractivity contribution in [1.82, 2.24) is 5.32 Å². The fourth-order valence-electron chi connectivity index (χ4n) is 0.707. The molecule has 72 valence electrons. The molecule has 3 N–H and O–H groups in total. The predicted octanol–water partition coefficient (Wildman–Crippen LogP) is 2.34. The molecular weight excluding hydrogens is 180 g/mol. The van der Waals surface area contributed by atoms with E-state index in [1.807, 2.05) is 31.4 Å². The average Bonchev–Trinajstić information content (AvgIpc) is 2.13. The fourth-order valence-corrected chi connectivity index (χ4v) is 1.20. The molecule has 0 saturated carbocycles. The molecular formula is C10H16N2S. The molecule has 2 nitrogen and oxygen atoms in total. The number of nitrogens with one attached hydrogen (secondary N) is 1. The number of nitrogens with two attached hydrogens (primary N) is 1. The highest BCUT2D eigenvalue weighted by Crippen LogP contribution is 2.10. The molecule has 0 unspecified atom stereocenters. The van der Waals surface area contributed by atoms with Crippen molar-refractivity contribution in [2.75, 3.05) is 6.26 Å². The third-order valence-electron chi connectivity index (χ3n) is 1.26. The lowest BCUT2D eigenvalue weighted by Gasteiger charge is -2.05. The lowest BCUT2D eigenvalue weighted by molar-refractivity contribution is 1.13. The second-order valence-electron chi connectivity index (χ2n) is 2.23. The van der Waals surface area contributed by atoms with Crippen molar-refractivity contribution in [2.24, 2.45) is 5.73 Å². The van der Waals surface area contributed by atoms with E-state index >= 15 is 0 Å². The molecule has 0 aromatic carbocycles. The highest BCUT2D eigenvalue weighted by Gasteiger charge is 1.95. The lowest BCUT2D eigenvalue weighted by atomic mass is 10.4. The first-order valence-corrected chi connectivity index (χ1v) is 5.19. The molecule has 0 atom stereocenters. The maximum atomic E-state index is 5.77. The van der Waals surface area contributed by atoms with Crippen molar-refractivity contribution >= 4 is 11.8 Å². The van der Waals surface area contributed by atoms with E-state index in [0.29, 0.717) is 0 Å². The third kappa shape index (κ3) is 5.20. The van der Waals surface area contributed by atoms with Crippen LogP contribution >= 0.6 is 11.8 Å². The van der Waals surface area contributed by atoms with Gasteiger partial charge < -0.3 is 11.1 Å². The Bertz CT molecular complexity index is 239. The smallest absolute Gasteiger partial charge is 0.0952 e. The van der Waals surface area contributed by atoms with Crippen molar-refractivity contribution in [3.8, 4) is 0 Å². The lowest BCUT2D eigenvalue weighted by Crippen LogP contribution is -2.08. The Labute approximate surface area is 84.3 Å². The molecule has 0 bridgehead atoms. The van der Waals surface area contributed by atoms with Gasteiger partial charge in [0.15, 0.2) is 0 Å². The summed E-state index contributed by atoms with van der Waals surface area (Å²) in [6.07, 6.45) is 11.1. The predicted molar refractivity (Wildman–Crippen MR) is 62.0 cm³/mol. The number of hydrogen-bond donors (Lipinski definition) is 2. The number of rotatable bonds is 5. The molecule has 0 radical (unpaired) electrons. The van der Waals surface area contributed by atoms with Crippen molar-refractivity contribution in [1.29, 1.82) is 0 Å². The highest BCUT2D eigenvalue weighted by atomic mass is 32.2. The van der Waals surface area contributed by atoms with Gasteiger partial charge in [0.1, 0.15) is 0 Å². The first-order valence-electron chi connectivity index (χ1n) is 3.96. The molecule has 0 aromatic heterocycles. The second-order valence-corrected chi connectivity index (χ2v) is 3.04. The topological polar surface area (TPSA) is 38.0 Å². The molecule has 0 aliphatic carbocycles. The zero-order chi connectivity index (χ0) is 10.1. The summed E-state index contributed by atoms with van der Waals surface area (Å²) in [6.45, 7) is 5.50. The van der Waals surface area contributed by atoms with Crippen LogP contribution in [0.5, 0.6) is 0 Å². The van der Waals surface area contributed by atoms with Crippen molar-refractivity contribution in [3.63, 3.8) is 0 Å². The summed E-state index contributed by atoms with van der Waals surface area (Å²) in [5.74, 6) is 0. The van der Waals surface area contributed by atoms with E-state index < -0.39 is 0 Å². The van der Waals surface area contributed by atoms with E-state index in [0.717, 1.165) is 10.7 Å². The Balaban J connectivity index is 4.39. The van der Waals surface area contributed by atoms with E-state index in [2.05, 4.69) is 11.9 Å². The van der Waals surface area contributed by atoms with Crippen LogP contribution in [0.25, 0.3) is 0 Å². The van der Waals surface area contributed by atoms with Gasteiger partial charge in [-0.05, 0) is 25.3 Å². The van der Waals surface area contributed by atoms with Gasteiger partial charge in [-0.1, -0.05) is 18.7 Å². The SMILES string of the molecule is C=C/C=C\N/C(SC)=C(N)\C=C/C. The van der Waals surface area contributed by atoms with Crippen molar-refractivity contribution in [3.05, 3.63) is 47.8 Å². The summed E-state index contributed by atoms with van der Waals surface area (Å²) < 4.78 is 0. The van der Waals surface area contributed by atoms with Crippen LogP contribution < -0.4 is 11.1 Å². The zero-order valence-electron chi connectivity index (χ0n) is 8.08. The molecule has 0 fully saturated rings. The number of allylic oxidation sites excluding steroid dienone is 4. The van der Waals surface area contributed by atoms with Gasteiger partial charge in [0.05, 0.1) is 10.7 Å². The Hall–Kier alpha value is -1.09. The van der Waals surface area contributed by atoms with E-state index in [-0.39, 0.29) is 0 Å². The minimum atomic E-state index is 0.740. The Morgan fingerprint density at radius 2 is 2.23 bits per heavy atom. The molecule has 13 heavy (non-hydrogen) atoms. The van der Waals surface area contributed by atoms with Crippen LogP contribution in [0.4, 0.5) is 0 Å². The standard InChI is InChI=1S/C10H16N2S/c1-4-6-8-12-10(13-3)9(11)7-5-2/h4-8,12H,1,11H2,2-3H3/b7-5-,8-6-,10-9-. The minimum Gasteiger partial charge on any atom is -0.397 e. The first-order chi connectivity index (χ1) is 6.26. The van der Waals surface area contributed by atoms with Crippen LogP contribution in [0, 0.1) is 0 Å². The highest BCUT2D eigenvalue weighted by molar-refractivity contribution is 8.02. The summed E-state index contributed by atoms with van der Waals surface area (Å²) in [7, 11) is 0. The second kappa shape index (κ2) is 7.55. The van der Waals surface area contributed by atoms with Crippen LogP contribution in [-0.4, -0.2) is 6.26 Å². The average molecular weight is 196 g/mol. The van der Waals surface area contributed by atoms with Gasteiger partial charge in [-0.2, -0.15) is 0 Å². The fraction of sp³-hybridized carbons (Fsp3) is 0.200. The molecule has 0 spiro atoms. The van der Waals surface area contributed by atoms with Crippen molar-refractivity contribution < 1.29 is 0 Å². The maximum absolute atomic E-state index is 5.77. The summed E-state index contributed by atoms with van der Waals surface area (Å²) in [5.41, 5.74) is 6.51. The molecule has 0 heterocycles. The molecule has 0 aliphatic rings. The van der Waals surface area contributed by atoms with Gasteiger partial charge in [-0.3, -0.25) is 0 Å². The monoisotopic (exact) mass is 196 g/mol. The van der Waals surface area contributed by atoms with Gasteiger partial charge in [-0.25, -0.2) is 0 Å². The Kier molecular flexibility index (Phi) is 6.92. The van der Waals surface area contributed by atoms with Gasteiger partial charge in [-0.15, -0.1) is 11.8 Å². The van der Waals surface area contributed by atoms with E-state index in [1.165, 1.54) is 0 Å². The summed E-state index contributed by atoms with van der Waals surface area (Å²) in [4.78, 5) is 0. The van der Waals surface area contributed by atoms with Crippen LogP contribution in [0.15, 0.2) is 47.8 Å². The molecule has 0 aliphatic heterocycles. The van der Waals surface area contributed by atoms with Crippen LogP contribution in [0.1, 0.15) is 6.92 Å². The van der Waals surface area contributed by atoms with Gasteiger partial charge in [0, 0.05) is 6.20 Å². The zero-order valence-corrected chi connectivity index (χ0v) is 8.90. The van der Waals surface area contributed by atoms with Gasteiger partial charge >= 0.3 is 0 Å². The van der Waals surface area contributed by atoms with Gasteiger partial charge in [0.2, 0.25) is 0 Å². The molecule has 3 heteroatoms. The third-order valence-corrected chi connectivity index (χ3v) is 2.02. The quantitative estimate of drug-likeness (QED) is 0.663. The van der Waals surface area contributed by atoms with Crippen LogP contribution in [-0.2, 0) is 0 Å². The summed E-state index contributed by atoms with van der Waals surface area (Å²) >= 11 is 1.58. The molecule has 0 saturated heterocycles. The normalized spacial score (nSPS) is 13.4. The van der Waals surface area contributed by atoms with Crippen LogP contribution in [0.2, 0.25) is 0 Å². The van der Waals surface area contributed by atoms with E-state index in [9.17, 15) is 0 Å². The van der Waals surface area contributed by atoms with Gasteiger partial charge in [0.25, 0.3) is 0 Å². The number of thioether (sulfide) groups is 1. The maximum Gasteiger partial charge on any atom is 0.0952 e. The largest absolute Gasteiger partial charge is 0.397 e. The summed E-state index contributed by atoms with van der Waals surface area (Å²) in [5, 5.41) is 4.01. The molecule has 0 aromatic rings. The Morgan fingerprint density at radius 1 is 1.54 bits per heavy atom. The minimum absolute atomic E-state index is 0.740. The molecule has 0 rings (SSSR count). The van der Waals surface area contributed by atoms with Crippen LogP contribution in [0.3, 0.4) is 0 Å². The Morgan fingerprint density at radius 3 is 2.69 bits per heavy atom. The summed E-state index contributed by atoms with van der Waals surface area (Å²) in [6, 6.07) is 0. The van der Waals surface area contributed by atoms with Crippen molar-refractivity contribution in [2.45, 2.75) is 6.92 Å².